The molecule has 0 aliphatic heterocycles. The Bertz CT molecular complexity index is 495. The Morgan fingerprint density at radius 2 is 2.28 bits per heavy atom. The maximum Gasteiger partial charge on any atom is 0.312 e. The number of anilines is 1. The van der Waals surface area contributed by atoms with Crippen molar-refractivity contribution in [3.05, 3.63) is 10.6 Å². The molecule has 1 aromatic heterocycles. The largest absolute Gasteiger partial charge is 0.481 e. The molecule has 0 bridgehead atoms. The minimum atomic E-state index is -0.737. The van der Waals surface area contributed by atoms with E-state index in [4.69, 9.17) is 0 Å². The molecule has 0 radical (unpaired) electrons. The molecule has 2 atom stereocenters. The van der Waals surface area contributed by atoms with Gasteiger partial charge in [0.1, 0.15) is 5.92 Å². The highest BCUT2D eigenvalue weighted by atomic mass is 32.1. The molecule has 18 heavy (non-hydrogen) atoms. The molecule has 1 heterocycles. The summed E-state index contributed by atoms with van der Waals surface area (Å²) in [6.07, 6.45) is 3.83. The van der Waals surface area contributed by atoms with E-state index in [9.17, 15) is 9.90 Å². The number of carboxylic acids is 1. The van der Waals surface area contributed by atoms with Crippen molar-refractivity contribution in [2.45, 2.75) is 51.5 Å². The molecule has 2 aliphatic rings. The van der Waals surface area contributed by atoms with Crippen molar-refractivity contribution in [2.75, 3.05) is 5.32 Å². The normalized spacial score (nSPS) is 28.6. The van der Waals surface area contributed by atoms with Crippen molar-refractivity contribution in [3.63, 3.8) is 0 Å². The smallest absolute Gasteiger partial charge is 0.312 e. The number of aromatic nitrogens is 1. The predicted molar refractivity (Wildman–Crippen MR) is 71.2 cm³/mol. The van der Waals surface area contributed by atoms with Crippen LogP contribution >= 0.6 is 11.3 Å². The van der Waals surface area contributed by atoms with E-state index in [0.717, 1.165) is 35.0 Å². The number of carbonyl (C=O) groups is 1. The van der Waals surface area contributed by atoms with E-state index in [1.165, 1.54) is 6.42 Å². The monoisotopic (exact) mass is 266 g/mol. The molecule has 4 nitrogen and oxygen atoms in total. The minimum Gasteiger partial charge on any atom is -0.481 e. The molecule has 1 aromatic rings. The first kappa shape index (κ1) is 12.0. The molecule has 2 unspecified atom stereocenters. The van der Waals surface area contributed by atoms with Crippen LogP contribution in [0.3, 0.4) is 0 Å². The number of fused-ring (bicyclic) bond motifs is 1. The second kappa shape index (κ2) is 3.95. The van der Waals surface area contributed by atoms with E-state index in [-0.39, 0.29) is 0 Å². The van der Waals surface area contributed by atoms with Gasteiger partial charge in [0, 0.05) is 10.9 Å². The Hall–Kier alpha value is -1.10. The van der Waals surface area contributed by atoms with Crippen molar-refractivity contribution >= 4 is 22.4 Å². The van der Waals surface area contributed by atoms with Crippen LogP contribution in [0.25, 0.3) is 0 Å². The Balaban J connectivity index is 1.81. The summed E-state index contributed by atoms with van der Waals surface area (Å²) in [7, 11) is 0. The number of aliphatic carboxylic acids is 1. The Morgan fingerprint density at radius 3 is 2.89 bits per heavy atom. The average molecular weight is 266 g/mol. The Kier molecular flexibility index (Phi) is 2.62. The Labute approximate surface area is 110 Å². The number of aryl methyl sites for hydroxylation is 1. The van der Waals surface area contributed by atoms with E-state index in [1.807, 2.05) is 0 Å². The molecule has 0 amide bonds. The van der Waals surface area contributed by atoms with Gasteiger partial charge in [-0.1, -0.05) is 13.8 Å². The van der Waals surface area contributed by atoms with Crippen LogP contribution in [0.4, 0.5) is 5.13 Å². The lowest BCUT2D eigenvalue weighted by Crippen LogP contribution is -2.17. The van der Waals surface area contributed by atoms with Crippen molar-refractivity contribution < 1.29 is 9.90 Å². The molecule has 2 aliphatic carbocycles. The summed E-state index contributed by atoms with van der Waals surface area (Å²) < 4.78 is 0. The van der Waals surface area contributed by atoms with Crippen LogP contribution in [0.2, 0.25) is 0 Å². The van der Waals surface area contributed by atoms with Gasteiger partial charge in [-0.25, -0.2) is 4.98 Å². The standard InChI is InChI=1S/C13H18N2O2S/c1-13(2)6-9(13)14-12-15-10-7(11(16)17)4-3-5-8(10)18-12/h7,9H,3-6H2,1-2H3,(H,14,15)(H,16,17). The first-order valence-corrected chi connectivity index (χ1v) is 7.28. The number of nitrogens with one attached hydrogen (secondary N) is 1. The van der Waals surface area contributed by atoms with Gasteiger partial charge in [-0.05, 0) is 31.1 Å². The van der Waals surface area contributed by atoms with Crippen LogP contribution in [-0.2, 0) is 11.2 Å². The first-order chi connectivity index (χ1) is 8.47. The Morgan fingerprint density at radius 1 is 1.56 bits per heavy atom. The fourth-order valence-electron chi connectivity index (χ4n) is 2.58. The summed E-state index contributed by atoms with van der Waals surface area (Å²) in [5.41, 5.74) is 1.16. The third-order valence-corrected chi connectivity index (χ3v) is 5.13. The molecule has 98 valence electrons. The lowest BCUT2D eigenvalue weighted by molar-refractivity contribution is -0.139. The van der Waals surface area contributed by atoms with Crippen molar-refractivity contribution in [1.29, 1.82) is 0 Å². The van der Waals surface area contributed by atoms with Crippen LogP contribution in [0.1, 0.15) is 49.6 Å². The van der Waals surface area contributed by atoms with Gasteiger partial charge in [0.15, 0.2) is 5.13 Å². The maximum atomic E-state index is 11.2. The summed E-state index contributed by atoms with van der Waals surface area (Å²) in [6, 6.07) is 0.494. The fourth-order valence-corrected chi connectivity index (χ4v) is 3.70. The van der Waals surface area contributed by atoms with Gasteiger partial charge in [0.25, 0.3) is 0 Å². The van der Waals surface area contributed by atoms with Gasteiger partial charge >= 0.3 is 5.97 Å². The molecule has 5 heteroatoms. The number of hydrogen-bond acceptors (Lipinski definition) is 4. The molecular weight excluding hydrogens is 248 g/mol. The predicted octanol–water partition coefficient (Wildman–Crippen LogP) is 2.86. The van der Waals surface area contributed by atoms with E-state index in [0.29, 0.717) is 11.5 Å². The lowest BCUT2D eigenvalue weighted by Gasteiger charge is -2.16. The van der Waals surface area contributed by atoms with Crippen molar-refractivity contribution in [2.24, 2.45) is 5.41 Å². The highest BCUT2D eigenvalue weighted by Crippen LogP contribution is 2.47. The average Bonchev–Trinajstić information content (AvgIpc) is 2.73. The number of hydrogen-bond donors (Lipinski definition) is 2. The van der Waals surface area contributed by atoms with Gasteiger partial charge in [0.05, 0.1) is 5.69 Å². The number of rotatable bonds is 3. The molecule has 0 aromatic carbocycles. The van der Waals surface area contributed by atoms with Crippen LogP contribution < -0.4 is 5.32 Å². The second-order valence-corrected chi connectivity index (χ2v) is 7.08. The first-order valence-electron chi connectivity index (χ1n) is 6.46. The van der Waals surface area contributed by atoms with E-state index in [2.05, 4.69) is 24.1 Å². The highest BCUT2D eigenvalue weighted by Gasteiger charge is 2.46. The summed E-state index contributed by atoms with van der Waals surface area (Å²) in [6.45, 7) is 4.47. The number of thiazole rings is 1. The van der Waals surface area contributed by atoms with Crippen LogP contribution in [0.15, 0.2) is 0 Å². The molecular formula is C13H18N2O2S. The third kappa shape index (κ3) is 2.00. The van der Waals surface area contributed by atoms with E-state index < -0.39 is 11.9 Å². The topological polar surface area (TPSA) is 62.2 Å². The molecule has 0 spiro atoms. The maximum absolute atomic E-state index is 11.2. The van der Waals surface area contributed by atoms with Gasteiger partial charge in [-0.15, -0.1) is 11.3 Å². The highest BCUT2D eigenvalue weighted by molar-refractivity contribution is 7.15. The van der Waals surface area contributed by atoms with Gasteiger partial charge in [0.2, 0.25) is 0 Å². The summed E-state index contributed by atoms with van der Waals surface area (Å²) in [5, 5.41) is 13.6. The van der Waals surface area contributed by atoms with E-state index >= 15 is 0 Å². The second-order valence-electron chi connectivity index (χ2n) is 6.00. The number of nitrogens with zero attached hydrogens (tertiary/aromatic N) is 1. The molecule has 1 saturated carbocycles. The zero-order valence-corrected chi connectivity index (χ0v) is 11.5. The number of carboxylic acid groups (broad SMARTS) is 1. The summed E-state index contributed by atoms with van der Waals surface area (Å²) in [5.74, 6) is -1.13. The van der Waals surface area contributed by atoms with Gasteiger partial charge in [-0.3, -0.25) is 4.79 Å². The zero-order chi connectivity index (χ0) is 12.9. The van der Waals surface area contributed by atoms with Crippen LogP contribution in [0.5, 0.6) is 0 Å². The molecule has 3 rings (SSSR count). The van der Waals surface area contributed by atoms with Crippen LogP contribution in [0, 0.1) is 5.41 Å². The minimum absolute atomic E-state index is 0.359. The molecule has 1 fully saturated rings. The third-order valence-electron chi connectivity index (χ3n) is 4.06. The van der Waals surface area contributed by atoms with Crippen molar-refractivity contribution in [3.8, 4) is 0 Å². The van der Waals surface area contributed by atoms with E-state index in [1.54, 1.807) is 11.3 Å². The van der Waals surface area contributed by atoms with Crippen molar-refractivity contribution in [1.82, 2.24) is 4.98 Å². The summed E-state index contributed by atoms with van der Waals surface area (Å²) >= 11 is 1.64. The summed E-state index contributed by atoms with van der Waals surface area (Å²) in [4.78, 5) is 16.9. The quantitative estimate of drug-likeness (QED) is 0.883. The van der Waals surface area contributed by atoms with Crippen LogP contribution in [-0.4, -0.2) is 22.1 Å². The molecule has 2 N–H and O–H groups in total. The molecule has 0 saturated heterocycles. The van der Waals surface area contributed by atoms with Gasteiger partial charge < -0.3 is 10.4 Å². The fraction of sp³-hybridized carbons (Fsp3) is 0.692. The lowest BCUT2D eigenvalue weighted by atomic mass is 9.91. The van der Waals surface area contributed by atoms with Gasteiger partial charge in [-0.2, -0.15) is 0 Å². The SMILES string of the molecule is CC1(C)CC1Nc1nc2c(s1)CCCC2C(=O)O. The zero-order valence-electron chi connectivity index (χ0n) is 10.7.